The molecule has 1 spiro atoms. The second kappa shape index (κ2) is 7.14. The Morgan fingerprint density at radius 3 is 2.84 bits per heavy atom. The zero-order valence-electron chi connectivity index (χ0n) is 19.7. The van der Waals surface area contributed by atoms with E-state index in [0.29, 0.717) is 23.0 Å². The molecular weight excluding hydrogens is 386 g/mol. The average Bonchev–Trinajstić information content (AvgIpc) is 3.23. The van der Waals surface area contributed by atoms with Crippen molar-refractivity contribution < 1.29 is 14.7 Å². The van der Waals surface area contributed by atoms with Gasteiger partial charge in [-0.3, -0.25) is 4.79 Å². The first-order chi connectivity index (χ1) is 14.8. The minimum atomic E-state index is -0.0599. The highest BCUT2D eigenvalue weighted by Gasteiger charge is 2.58. The van der Waals surface area contributed by atoms with Crippen LogP contribution in [0.5, 0.6) is 0 Å². The second-order valence-electron chi connectivity index (χ2n) is 12.7. The van der Waals surface area contributed by atoms with Crippen molar-refractivity contribution in [3.63, 3.8) is 0 Å². The van der Waals surface area contributed by atoms with Crippen LogP contribution < -0.4 is 0 Å². The van der Waals surface area contributed by atoms with Crippen LogP contribution in [-0.4, -0.2) is 40.3 Å². The largest absolute Gasteiger partial charge is 0.370 e. The molecule has 172 valence electrons. The lowest BCUT2D eigenvalue weighted by molar-refractivity contribution is -0.175. The summed E-state index contributed by atoms with van der Waals surface area (Å²) in [5, 5.41) is 12.2. The normalized spacial score (nSPS) is 52.5. The van der Waals surface area contributed by atoms with Crippen molar-refractivity contribution in [2.24, 2.45) is 35.0 Å². The third-order valence-corrected chi connectivity index (χ3v) is 10.9. The molecule has 0 amide bonds. The highest BCUT2D eigenvalue weighted by Crippen LogP contribution is 2.64. The molecule has 0 unspecified atom stereocenters. The molecule has 5 fully saturated rings. The molecule has 2 aliphatic heterocycles. The first kappa shape index (κ1) is 20.9. The Hall–Kier alpha value is -0.710. The Bertz CT molecular complexity index is 806. The fourth-order valence-corrected chi connectivity index (χ4v) is 9.39. The number of hydrogen-bond donors (Lipinski definition) is 1. The van der Waals surface area contributed by atoms with Gasteiger partial charge in [-0.1, -0.05) is 25.0 Å². The first-order valence-electron chi connectivity index (χ1n) is 13.1. The third kappa shape index (κ3) is 3.14. The van der Waals surface area contributed by atoms with Crippen LogP contribution in [0.3, 0.4) is 0 Å². The summed E-state index contributed by atoms with van der Waals surface area (Å²) in [6.45, 7) is 7.94. The lowest BCUT2D eigenvalue weighted by Crippen LogP contribution is -2.46. The van der Waals surface area contributed by atoms with E-state index in [1.807, 2.05) is 0 Å². The molecule has 0 aromatic rings. The van der Waals surface area contributed by atoms with Gasteiger partial charge in [0.25, 0.3) is 0 Å². The standard InChI is InChI=1S/C27H41NO3/c1-16-10-25-24(28(30)15-16)14-27(31-25)9-7-20-21-5-4-18-11-19(29)6-8-26(18,3)23(21)12-22(20)17(2)13-27/h16,18,20-21,23-25,30H,4-15H2,1-3H3/t16-,18+,20-,21-,23-,24-,25+,26-,27-/m0/s1. The predicted octanol–water partition coefficient (Wildman–Crippen LogP) is 5.54. The van der Waals surface area contributed by atoms with E-state index in [-0.39, 0.29) is 17.7 Å². The van der Waals surface area contributed by atoms with E-state index in [9.17, 15) is 10.0 Å². The molecule has 4 heteroatoms. The number of piperidine rings is 1. The number of ether oxygens (including phenoxy) is 1. The smallest absolute Gasteiger partial charge is 0.133 e. The van der Waals surface area contributed by atoms with Crippen molar-refractivity contribution in [2.45, 2.75) is 109 Å². The average molecular weight is 428 g/mol. The Balaban J connectivity index is 1.26. The Kier molecular flexibility index (Phi) is 4.81. The summed E-state index contributed by atoms with van der Waals surface area (Å²) < 4.78 is 6.83. The van der Waals surface area contributed by atoms with Crippen molar-refractivity contribution in [2.75, 3.05) is 6.54 Å². The summed E-state index contributed by atoms with van der Waals surface area (Å²) >= 11 is 0. The van der Waals surface area contributed by atoms with Crippen molar-refractivity contribution in [3.8, 4) is 0 Å². The van der Waals surface area contributed by atoms with Crippen molar-refractivity contribution in [3.05, 3.63) is 11.1 Å². The highest BCUT2D eigenvalue weighted by atomic mass is 16.5. The summed E-state index contributed by atoms with van der Waals surface area (Å²) in [6.07, 6.45) is 12.4. The fourth-order valence-electron chi connectivity index (χ4n) is 9.39. The summed E-state index contributed by atoms with van der Waals surface area (Å²) in [4.78, 5) is 12.2. The van der Waals surface area contributed by atoms with Crippen LogP contribution in [0.15, 0.2) is 11.1 Å². The zero-order valence-corrected chi connectivity index (χ0v) is 19.7. The third-order valence-electron chi connectivity index (χ3n) is 10.9. The molecule has 0 radical (unpaired) electrons. The van der Waals surface area contributed by atoms with Gasteiger partial charge in [0.1, 0.15) is 5.78 Å². The van der Waals surface area contributed by atoms with Gasteiger partial charge in [0.05, 0.1) is 17.7 Å². The number of allylic oxidation sites excluding steroid dienone is 1. The monoisotopic (exact) mass is 427 g/mol. The molecule has 6 aliphatic rings. The lowest BCUT2D eigenvalue weighted by atomic mass is 9.52. The second-order valence-corrected chi connectivity index (χ2v) is 12.7. The quantitative estimate of drug-likeness (QED) is 0.516. The topological polar surface area (TPSA) is 49.8 Å². The maximum Gasteiger partial charge on any atom is 0.133 e. The van der Waals surface area contributed by atoms with Gasteiger partial charge in [-0.15, -0.1) is 0 Å². The first-order valence-corrected chi connectivity index (χ1v) is 13.1. The number of hydroxylamine groups is 2. The van der Waals surface area contributed by atoms with E-state index in [0.717, 1.165) is 69.2 Å². The van der Waals surface area contributed by atoms with E-state index in [1.165, 1.54) is 25.7 Å². The minimum Gasteiger partial charge on any atom is -0.370 e. The summed E-state index contributed by atoms with van der Waals surface area (Å²) in [7, 11) is 0. The molecule has 31 heavy (non-hydrogen) atoms. The van der Waals surface area contributed by atoms with E-state index in [1.54, 1.807) is 16.2 Å². The molecule has 0 aromatic heterocycles. The lowest BCUT2D eigenvalue weighted by Gasteiger charge is -2.52. The number of rotatable bonds is 0. The van der Waals surface area contributed by atoms with E-state index in [4.69, 9.17) is 4.74 Å². The van der Waals surface area contributed by atoms with Crippen LogP contribution in [0.2, 0.25) is 0 Å². The molecular formula is C27H41NO3. The number of carbonyl (C=O) groups excluding carboxylic acids is 1. The molecule has 9 atom stereocenters. The van der Waals surface area contributed by atoms with Crippen LogP contribution in [0.25, 0.3) is 0 Å². The molecule has 1 N–H and O–H groups in total. The van der Waals surface area contributed by atoms with Gasteiger partial charge in [-0.25, -0.2) is 0 Å². The molecule has 2 heterocycles. The molecule has 6 rings (SSSR count). The number of Topliss-reactive ketones (excluding diaryl/α,β-unsaturated/α-hetero) is 1. The molecule has 0 bridgehead atoms. The zero-order chi connectivity index (χ0) is 21.5. The Morgan fingerprint density at radius 2 is 2.00 bits per heavy atom. The van der Waals surface area contributed by atoms with Gasteiger partial charge >= 0.3 is 0 Å². The van der Waals surface area contributed by atoms with Gasteiger partial charge in [0, 0.05) is 19.4 Å². The van der Waals surface area contributed by atoms with Crippen LogP contribution >= 0.6 is 0 Å². The van der Waals surface area contributed by atoms with Gasteiger partial charge in [0.15, 0.2) is 0 Å². The SMILES string of the molecule is CC1=C2C[C@H]3[C@@H](CC[C@@H]4CC(=O)CC[C@@]43C)[C@@H]2CC[C@]2(C1)C[C@H]1[C@@H](C[C@H](C)CN1O)O2. The molecule has 3 saturated carbocycles. The molecule has 4 nitrogen and oxygen atoms in total. The highest BCUT2D eigenvalue weighted by molar-refractivity contribution is 5.79. The Morgan fingerprint density at radius 1 is 1.16 bits per heavy atom. The number of ketones is 1. The fraction of sp³-hybridized carbons (Fsp3) is 0.889. The van der Waals surface area contributed by atoms with Crippen LogP contribution in [-0.2, 0) is 9.53 Å². The predicted molar refractivity (Wildman–Crippen MR) is 120 cm³/mol. The summed E-state index contributed by atoms with van der Waals surface area (Å²) in [5.41, 5.74) is 3.68. The van der Waals surface area contributed by atoms with Gasteiger partial charge in [-0.2, -0.15) is 5.06 Å². The van der Waals surface area contributed by atoms with Crippen LogP contribution in [0, 0.1) is 35.0 Å². The number of fused-ring (bicyclic) bond motifs is 6. The van der Waals surface area contributed by atoms with Crippen molar-refractivity contribution in [1.29, 1.82) is 0 Å². The maximum atomic E-state index is 12.2. The van der Waals surface area contributed by atoms with E-state index >= 15 is 0 Å². The van der Waals surface area contributed by atoms with E-state index in [2.05, 4.69) is 20.8 Å². The van der Waals surface area contributed by atoms with Crippen LogP contribution in [0.1, 0.15) is 91.4 Å². The molecule has 0 aromatic carbocycles. The molecule has 2 saturated heterocycles. The van der Waals surface area contributed by atoms with Crippen molar-refractivity contribution >= 4 is 5.78 Å². The summed E-state index contributed by atoms with van der Waals surface area (Å²) in [6, 6.07) is 0.189. The molecule has 4 aliphatic carbocycles. The number of nitrogens with zero attached hydrogens (tertiary/aromatic N) is 1. The van der Waals surface area contributed by atoms with E-state index < -0.39 is 0 Å². The van der Waals surface area contributed by atoms with Gasteiger partial charge < -0.3 is 9.94 Å². The summed E-state index contributed by atoms with van der Waals surface area (Å²) in [5.74, 6) is 3.97. The van der Waals surface area contributed by atoms with Crippen LogP contribution in [0.4, 0.5) is 0 Å². The maximum absolute atomic E-state index is 12.2. The van der Waals surface area contributed by atoms with Crippen molar-refractivity contribution in [1.82, 2.24) is 5.06 Å². The van der Waals surface area contributed by atoms with Gasteiger partial charge in [0.2, 0.25) is 0 Å². The number of carbonyl (C=O) groups is 1. The minimum absolute atomic E-state index is 0.0599. The number of hydrogen-bond acceptors (Lipinski definition) is 4. The van der Waals surface area contributed by atoms with Gasteiger partial charge in [-0.05, 0) is 99.7 Å². The Labute approximate surface area is 187 Å².